The molecule has 2 amide bonds. The number of nitrogens with zero attached hydrogens (tertiary/aromatic N) is 2. The molecule has 0 aromatic carbocycles. The fourth-order valence-electron chi connectivity index (χ4n) is 0.906. The molecule has 7 nitrogen and oxygen atoms in total. The zero-order valence-corrected chi connectivity index (χ0v) is 9.65. The Labute approximate surface area is 93.5 Å². The van der Waals surface area contributed by atoms with Crippen LogP contribution in [0.25, 0.3) is 0 Å². The molecule has 0 aliphatic carbocycles. The number of carbonyl (C=O) groups excluding carboxylic acids is 1. The van der Waals surface area contributed by atoms with Crippen LogP contribution in [0.15, 0.2) is 29.4 Å². The van der Waals surface area contributed by atoms with Crippen LogP contribution in [-0.4, -0.2) is 38.5 Å². The van der Waals surface area contributed by atoms with E-state index in [9.17, 15) is 13.2 Å². The zero-order valence-electron chi connectivity index (χ0n) is 8.84. The Morgan fingerprint density at radius 3 is 2.56 bits per heavy atom. The highest BCUT2D eigenvalue weighted by molar-refractivity contribution is 7.90. The van der Waals surface area contributed by atoms with Crippen LogP contribution in [0.1, 0.15) is 0 Å². The van der Waals surface area contributed by atoms with Gasteiger partial charge in [-0.05, 0) is 12.1 Å². The van der Waals surface area contributed by atoms with Gasteiger partial charge in [0.25, 0.3) is 10.0 Å². The summed E-state index contributed by atoms with van der Waals surface area (Å²) in [6.45, 7) is 0. The van der Waals surface area contributed by atoms with Crippen LogP contribution in [0.3, 0.4) is 0 Å². The quantitative estimate of drug-likeness (QED) is 0.702. The number of hydrogen-bond donors (Lipinski definition) is 2. The average molecular weight is 244 g/mol. The number of hydrogen-bond acceptors (Lipinski definition) is 5. The van der Waals surface area contributed by atoms with Gasteiger partial charge in [0.05, 0.1) is 0 Å². The van der Waals surface area contributed by atoms with Gasteiger partial charge in [-0.3, -0.25) is 5.43 Å². The summed E-state index contributed by atoms with van der Waals surface area (Å²) in [5, 5.41) is 1.12. The number of sulfonamides is 1. The molecule has 16 heavy (non-hydrogen) atoms. The SMILES string of the molecule is CN(C)NC(=O)NS(=O)(=O)c1ccccn1. The van der Waals surface area contributed by atoms with E-state index in [1.807, 2.05) is 4.72 Å². The van der Waals surface area contributed by atoms with E-state index in [1.54, 1.807) is 20.2 Å². The van der Waals surface area contributed by atoms with Gasteiger partial charge in [-0.2, -0.15) is 8.42 Å². The molecule has 2 N–H and O–H groups in total. The molecule has 8 heteroatoms. The smallest absolute Gasteiger partial charge is 0.270 e. The maximum atomic E-state index is 11.6. The summed E-state index contributed by atoms with van der Waals surface area (Å²) in [4.78, 5) is 14.8. The van der Waals surface area contributed by atoms with Crippen LogP contribution >= 0.6 is 0 Å². The van der Waals surface area contributed by atoms with Crippen molar-refractivity contribution in [2.75, 3.05) is 14.1 Å². The van der Waals surface area contributed by atoms with Crippen molar-refractivity contribution in [2.24, 2.45) is 0 Å². The predicted molar refractivity (Wildman–Crippen MR) is 56.8 cm³/mol. The van der Waals surface area contributed by atoms with Gasteiger partial charge in [0.1, 0.15) is 0 Å². The van der Waals surface area contributed by atoms with Gasteiger partial charge in [0.2, 0.25) is 0 Å². The van der Waals surface area contributed by atoms with Crippen LogP contribution in [0.4, 0.5) is 4.79 Å². The Bertz CT molecular complexity index is 457. The lowest BCUT2D eigenvalue weighted by Crippen LogP contribution is -2.45. The third-order valence-electron chi connectivity index (χ3n) is 1.47. The van der Waals surface area contributed by atoms with E-state index >= 15 is 0 Å². The van der Waals surface area contributed by atoms with E-state index in [2.05, 4.69) is 10.4 Å². The Hall–Kier alpha value is -1.67. The Kier molecular flexibility index (Phi) is 3.80. The molecule has 0 aliphatic rings. The third-order valence-corrected chi connectivity index (χ3v) is 2.71. The lowest BCUT2D eigenvalue weighted by molar-refractivity contribution is 0.217. The Balaban J connectivity index is 2.78. The molecule has 1 rings (SSSR count). The molecule has 0 fully saturated rings. The monoisotopic (exact) mass is 244 g/mol. The molecule has 1 aromatic heterocycles. The molecule has 0 saturated heterocycles. The molecular formula is C8H12N4O3S. The fourth-order valence-corrected chi connectivity index (χ4v) is 1.76. The topological polar surface area (TPSA) is 91.4 Å². The number of rotatable bonds is 3. The molecule has 0 radical (unpaired) electrons. The van der Waals surface area contributed by atoms with Crippen molar-refractivity contribution in [1.82, 2.24) is 20.1 Å². The second-order valence-corrected chi connectivity index (χ2v) is 4.74. The van der Waals surface area contributed by atoms with Gasteiger partial charge in [0, 0.05) is 20.3 Å². The van der Waals surface area contributed by atoms with E-state index in [1.165, 1.54) is 23.3 Å². The molecule has 0 bridgehead atoms. The summed E-state index contributed by atoms with van der Waals surface area (Å²) in [6.07, 6.45) is 1.33. The first kappa shape index (κ1) is 12.4. The Morgan fingerprint density at radius 1 is 1.38 bits per heavy atom. The minimum absolute atomic E-state index is 0.205. The molecule has 88 valence electrons. The second kappa shape index (κ2) is 4.90. The molecule has 0 aliphatic heterocycles. The van der Waals surface area contributed by atoms with E-state index in [4.69, 9.17) is 0 Å². The van der Waals surface area contributed by atoms with Crippen molar-refractivity contribution in [3.63, 3.8) is 0 Å². The van der Waals surface area contributed by atoms with E-state index in [0.717, 1.165) is 0 Å². The molecule has 1 aromatic rings. The highest BCUT2D eigenvalue weighted by Crippen LogP contribution is 2.02. The number of aromatic nitrogens is 1. The van der Waals surface area contributed by atoms with Crippen LogP contribution < -0.4 is 10.1 Å². The molecule has 0 spiro atoms. The van der Waals surface area contributed by atoms with Crippen molar-refractivity contribution in [1.29, 1.82) is 0 Å². The summed E-state index contributed by atoms with van der Waals surface area (Å²) >= 11 is 0. The number of pyridine rings is 1. The minimum atomic E-state index is -3.90. The first-order valence-electron chi connectivity index (χ1n) is 4.33. The lowest BCUT2D eigenvalue weighted by Gasteiger charge is -2.12. The molecule has 0 unspecified atom stereocenters. The lowest BCUT2D eigenvalue weighted by atomic mass is 10.5. The van der Waals surface area contributed by atoms with Crippen molar-refractivity contribution >= 4 is 16.1 Å². The molecule has 0 saturated carbocycles. The number of carbonyl (C=O) groups is 1. The highest BCUT2D eigenvalue weighted by Gasteiger charge is 2.18. The first-order valence-corrected chi connectivity index (χ1v) is 5.82. The summed E-state index contributed by atoms with van der Waals surface area (Å²) < 4.78 is 25.0. The second-order valence-electron chi connectivity index (χ2n) is 3.11. The number of urea groups is 1. The highest BCUT2D eigenvalue weighted by atomic mass is 32.2. The van der Waals surface area contributed by atoms with Crippen LogP contribution in [0, 0.1) is 0 Å². The average Bonchev–Trinajstić information content (AvgIpc) is 2.16. The van der Waals surface area contributed by atoms with Gasteiger partial charge in [-0.15, -0.1) is 0 Å². The molecule has 1 heterocycles. The fraction of sp³-hybridized carbons (Fsp3) is 0.250. The summed E-state index contributed by atoms with van der Waals surface area (Å²) in [6, 6.07) is 3.56. The van der Waals surface area contributed by atoms with Crippen LogP contribution in [0.5, 0.6) is 0 Å². The Morgan fingerprint density at radius 2 is 2.06 bits per heavy atom. The van der Waals surface area contributed by atoms with Gasteiger partial charge >= 0.3 is 6.03 Å². The number of hydrazine groups is 1. The summed E-state index contributed by atoms with van der Waals surface area (Å²) in [5.41, 5.74) is 2.24. The maximum Gasteiger partial charge on any atom is 0.343 e. The first-order chi connectivity index (χ1) is 7.42. The van der Waals surface area contributed by atoms with Crippen molar-refractivity contribution in [2.45, 2.75) is 5.03 Å². The zero-order chi connectivity index (χ0) is 12.2. The van der Waals surface area contributed by atoms with Gasteiger partial charge in [-0.25, -0.2) is 19.5 Å². The molecular weight excluding hydrogens is 232 g/mol. The third kappa shape index (κ3) is 3.48. The standard InChI is InChI=1S/C8H12N4O3S/c1-12(2)10-8(13)11-16(14,15)7-5-3-4-6-9-7/h3-6H,1-2H3,(H2,10,11,13). The largest absolute Gasteiger partial charge is 0.343 e. The van der Waals surface area contributed by atoms with Crippen LogP contribution in [-0.2, 0) is 10.0 Å². The minimum Gasteiger partial charge on any atom is -0.270 e. The number of amides is 2. The van der Waals surface area contributed by atoms with E-state index < -0.39 is 16.1 Å². The molecule has 0 atom stereocenters. The van der Waals surface area contributed by atoms with Crippen molar-refractivity contribution in [3.05, 3.63) is 24.4 Å². The van der Waals surface area contributed by atoms with Gasteiger partial charge in [0.15, 0.2) is 5.03 Å². The summed E-state index contributed by atoms with van der Waals surface area (Å²) in [7, 11) is -0.780. The maximum absolute atomic E-state index is 11.6. The van der Waals surface area contributed by atoms with Gasteiger partial charge in [-0.1, -0.05) is 6.07 Å². The van der Waals surface area contributed by atoms with E-state index in [-0.39, 0.29) is 5.03 Å². The van der Waals surface area contributed by atoms with Crippen molar-refractivity contribution in [3.8, 4) is 0 Å². The van der Waals surface area contributed by atoms with Gasteiger partial charge < -0.3 is 0 Å². The predicted octanol–water partition coefficient (Wildman–Crippen LogP) is -0.454. The van der Waals surface area contributed by atoms with Crippen LogP contribution in [0.2, 0.25) is 0 Å². The van der Waals surface area contributed by atoms with E-state index in [0.29, 0.717) is 0 Å². The number of nitrogens with one attached hydrogen (secondary N) is 2. The van der Waals surface area contributed by atoms with Crippen molar-refractivity contribution < 1.29 is 13.2 Å². The summed E-state index contributed by atoms with van der Waals surface area (Å²) in [5.74, 6) is 0. The normalized spacial score (nSPS) is 11.2.